The number of nitrogens with one attached hydrogen (secondary N) is 2. The fraction of sp³-hybridized carbons (Fsp3) is 0.167. The standard InChI is InChI=1S/C12H12BrClN4/c1-7-3-8(13)10(4-9(7)14)18-12-5-11(15-2)16-6-17-12/h3-6H,1-2H3,(H2,15,16,17,18). The second-order valence-electron chi connectivity index (χ2n) is 3.74. The zero-order valence-electron chi connectivity index (χ0n) is 9.96. The van der Waals surface area contributed by atoms with E-state index in [0.29, 0.717) is 10.8 Å². The molecule has 1 aromatic carbocycles. The average Bonchev–Trinajstić information content (AvgIpc) is 2.36. The summed E-state index contributed by atoms with van der Waals surface area (Å²) in [4.78, 5) is 8.20. The minimum absolute atomic E-state index is 0.704. The SMILES string of the molecule is CNc1cc(Nc2cc(Cl)c(C)cc2Br)ncn1. The Morgan fingerprint density at radius 2 is 1.89 bits per heavy atom. The highest BCUT2D eigenvalue weighted by Crippen LogP contribution is 2.31. The van der Waals surface area contributed by atoms with Crippen LogP contribution in [0.15, 0.2) is 29.0 Å². The second kappa shape index (κ2) is 5.54. The van der Waals surface area contributed by atoms with Crippen LogP contribution in [0.4, 0.5) is 17.3 Å². The van der Waals surface area contributed by atoms with E-state index in [0.717, 1.165) is 21.5 Å². The second-order valence-corrected chi connectivity index (χ2v) is 5.01. The molecule has 0 amide bonds. The first-order valence-electron chi connectivity index (χ1n) is 5.32. The molecule has 1 heterocycles. The third kappa shape index (κ3) is 2.91. The first-order chi connectivity index (χ1) is 8.60. The van der Waals surface area contributed by atoms with Gasteiger partial charge in [0.1, 0.15) is 18.0 Å². The average molecular weight is 328 g/mol. The highest BCUT2D eigenvalue weighted by molar-refractivity contribution is 9.10. The molecule has 6 heteroatoms. The van der Waals surface area contributed by atoms with E-state index in [4.69, 9.17) is 11.6 Å². The van der Waals surface area contributed by atoms with E-state index < -0.39 is 0 Å². The summed E-state index contributed by atoms with van der Waals surface area (Å²) in [5.74, 6) is 1.46. The van der Waals surface area contributed by atoms with Gasteiger partial charge in [0.05, 0.1) is 5.69 Å². The minimum Gasteiger partial charge on any atom is -0.373 e. The van der Waals surface area contributed by atoms with E-state index in [1.165, 1.54) is 6.33 Å². The molecule has 2 rings (SSSR count). The molecule has 0 radical (unpaired) electrons. The number of halogens is 2. The molecule has 0 fully saturated rings. The van der Waals surface area contributed by atoms with Gasteiger partial charge >= 0.3 is 0 Å². The molecule has 0 aliphatic heterocycles. The van der Waals surface area contributed by atoms with E-state index in [1.54, 1.807) is 0 Å². The zero-order chi connectivity index (χ0) is 13.1. The van der Waals surface area contributed by atoms with Gasteiger partial charge in [0.25, 0.3) is 0 Å². The summed E-state index contributed by atoms with van der Waals surface area (Å²) in [7, 11) is 1.81. The first kappa shape index (κ1) is 13.1. The number of benzene rings is 1. The number of aryl methyl sites for hydroxylation is 1. The van der Waals surface area contributed by atoms with Crippen molar-refractivity contribution >= 4 is 44.9 Å². The zero-order valence-corrected chi connectivity index (χ0v) is 12.3. The Labute approximate surface area is 119 Å². The summed E-state index contributed by atoms with van der Waals surface area (Å²) in [5, 5.41) is 6.86. The molecule has 0 saturated heterocycles. The predicted molar refractivity (Wildman–Crippen MR) is 78.8 cm³/mol. The quantitative estimate of drug-likeness (QED) is 0.895. The molecule has 0 unspecified atom stereocenters. The summed E-state index contributed by atoms with van der Waals surface area (Å²) >= 11 is 9.60. The highest BCUT2D eigenvalue weighted by Gasteiger charge is 2.05. The van der Waals surface area contributed by atoms with Crippen molar-refractivity contribution in [3.8, 4) is 0 Å². The van der Waals surface area contributed by atoms with E-state index in [1.807, 2.05) is 32.2 Å². The highest BCUT2D eigenvalue weighted by atomic mass is 79.9. The van der Waals surface area contributed by atoms with Crippen LogP contribution in [-0.2, 0) is 0 Å². The Morgan fingerprint density at radius 3 is 2.61 bits per heavy atom. The largest absolute Gasteiger partial charge is 0.373 e. The van der Waals surface area contributed by atoms with Gasteiger partial charge in [0.15, 0.2) is 0 Å². The van der Waals surface area contributed by atoms with Crippen LogP contribution in [0, 0.1) is 6.92 Å². The van der Waals surface area contributed by atoms with Crippen molar-refractivity contribution in [2.24, 2.45) is 0 Å². The lowest BCUT2D eigenvalue weighted by Gasteiger charge is -2.10. The van der Waals surface area contributed by atoms with Gasteiger partial charge in [-0.15, -0.1) is 0 Å². The third-order valence-electron chi connectivity index (χ3n) is 2.43. The Hall–Kier alpha value is -1.33. The molecule has 0 aliphatic rings. The molecule has 0 spiro atoms. The van der Waals surface area contributed by atoms with Gasteiger partial charge < -0.3 is 10.6 Å². The molecule has 2 aromatic rings. The lowest BCUT2D eigenvalue weighted by molar-refractivity contribution is 1.16. The van der Waals surface area contributed by atoms with Gasteiger partial charge in [-0.05, 0) is 40.5 Å². The van der Waals surface area contributed by atoms with Crippen LogP contribution < -0.4 is 10.6 Å². The normalized spacial score (nSPS) is 10.2. The number of hydrogen-bond donors (Lipinski definition) is 2. The van der Waals surface area contributed by atoms with Gasteiger partial charge in [-0.3, -0.25) is 0 Å². The molecular weight excluding hydrogens is 316 g/mol. The monoisotopic (exact) mass is 326 g/mol. The van der Waals surface area contributed by atoms with Crippen molar-refractivity contribution in [2.75, 3.05) is 17.7 Å². The van der Waals surface area contributed by atoms with E-state index in [9.17, 15) is 0 Å². The van der Waals surface area contributed by atoms with Crippen molar-refractivity contribution < 1.29 is 0 Å². The summed E-state index contributed by atoms with van der Waals surface area (Å²) < 4.78 is 0.939. The Balaban J connectivity index is 2.30. The van der Waals surface area contributed by atoms with Crippen molar-refractivity contribution in [3.05, 3.63) is 39.6 Å². The maximum atomic E-state index is 6.10. The summed E-state index contributed by atoms with van der Waals surface area (Å²) in [6, 6.07) is 5.65. The van der Waals surface area contributed by atoms with E-state index in [2.05, 4.69) is 36.5 Å². The van der Waals surface area contributed by atoms with Crippen molar-refractivity contribution in [1.82, 2.24) is 9.97 Å². The number of hydrogen-bond acceptors (Lipinski definition) is 4. The Kier molecular flexibility index (Phi) is 4.04. The number of rotatable bonds is 3. The molecule has 2 N–H and O–H groups in total. The minimum atomic E-state index is 0.704. The summed E-state index contributed by atoms with van der Waals surface area (Å²) in [6.07, 6.45) is 1.50. The van der Waals surface area contributed by atoms with E-state index >= 15 is 0 Å². The fourth-order valence-corrected chi connectivity index (χ4v) is 2.16. The maximum absolute atomic E-state index is 6.10. The molecule has 0 bridgehead atoms. The van der Waals surface area contributed by atoms with Gasteiger partial charge in [0.2, 0.25) is 0 Å². The van der Waals surface area contributed by atoms with Crippen molar-refractivity contribution in [3.63, 3.8) is 0 Å². The van der Waals surface area contributed by atoms with Crippen LogP contribution in [0.1, 0.15) is 5.56 Å². The van der Waals surface area contributed by atoms with Gasteiger partial charge in [0, 0.05) is 22.6 Å². The van der Waals surface area contributed by atoms with Crippen molar-refractivity contribution in [1.29, 1.82) is 0 Å². The van der Waals surface area contributed by atoms with Gasteiger partial charge in [-0.2, -0.15) is 0 Å². The number of aromatic nitrogens is 2. The smallest absolute Gasteiger partial charge is 0.135 e. The molecule has 94 valence electrons. The lowest BCUT2D eigenvalue weighted by Crippen LogP contribution is -1.98. The number of nitrogens with zero attached hydrogens (tertiary/aromatic N) is 2. The molecule has 4 nitrogen and oxygen atoms in total. The molecule has 0 atom stereocenters. The van der Waals surface area contributed by atoms with Crippen LogP contribution in [-0.4, -0.2) is 17.0 Å². The molecular formula is C12H12BrClN4. The van der Waals surface area contributed by atoms with Crippen LogP contribution in [0.2, 0.25) is 5.02 Å². The van der Waals surface area contributed by atoms with Crippen LogP contribution >= 0.6 is 27.5 Å². The van der Waals surface area contributed by atoms with Gasteiger partial charge in [-0.25, -0.2) is 9.97 Å². The third-order valence-corrected chi connectivity index (χ3v) is 3.50. The Bertz CT molecular complexity index is 574. The number of anilines is 3. The summed E-state index contributed by atoms with van der Waals surface area (Å²) in [5.41, 5.74) is 1.89. The van der Waals surface area contributed by atoms with Crippen molar-refractivity contribution in [2.45, 2.75) is 6.92 Å². The molecule has 1 aromatic heterocycles. The van der Waals surface area contributed by atoms with Crippen LogP contribution in [0.3, 0.4) is 0 Å². The summed E-state index contributed by atoms with van der Waals surface area (Å²) in [6.45, 7) is 1.96. The van der Waals surface area contributed by atoms with Crippen LogP contribution in [0.25, 0.3) is 0 Å². The lowest BCUT2D eigenvalue weighted by atomic mass is 10.2. The maximum Gasteiger partial charge on any atom is 0.135 e. The van der Waals surface area contributed by atoms with Gasteiger partial charge in [-0.1, -0.05) is 11.6 Å². The fourth-order valence-electron chi connectivity index (χ4n) is 1.44. The first-order valence-corrected chi connectivity index (χ1v) is 6.49. The predicted octanol–water partition coefficient (Wildman–Crippen LogP) is 3.99. The Morgan fingerprint density at radius 1 is 1.17 bits per heavy atom. The molecule has 0 aliphatic carbocycles. The van der Waals surface area contributed by atoms with E-state index in [-0.39, 0.29) is 0 Å². The van der Waals surface area contributed by atoms with Crippen LogP contribution in [0.5, 0.6) is 0 Å². The molecule has 18 heavy (non-hydrogen) atoms. The molecule has 0 saturated carbocycles. The topological polar surface area (TPSA) is 49.8 Å².